The zero-order valence-electron chi connectivity index (χ0n) is 18.2. The van der Waals surface area contributed by atoms with Crippen molar-refractivity contribution in [2.24, 2.45) is 12.0 Å². The van der Waals surface area contributed by atoms with Gasteiger partial charge in [-0.25, -0.2) is 8.42 Å². The van der Waals surface area contributed by atoms with Gasteiger partial charge in [0.15, 0.2) is 4.80 Å². The highest BCUT2D eigenvalue weighted by molar-refractivity contribution is 7.89. The van der Waals surface area contributed by atoms with Crippen molar-refractivity contribution in [2.45, 2.75) is 37.9 Å². The van der Waals surface area contributed by atoms with Crippen molar-refractivity contribution in [3.8, 4) is 0 Å². The van der Waals surface area contributed by atoms with E-state index < -0.39 is 15.9 Å². The summed E-state index contributed by atoms with van der Waals surface area (Å²) in [6.07, 6.45) is -0.345. The standard InChI is InChI=1S/C22H24ClN3O4S2/c1-13-9-17(23)10-19-20(13)25(4)22(31-19)24-21(27)16-5-7-18(8-6-16)32(28,29)26-11-14(2)30-15(3)12-26/h5-10,14-15H,11-12H2,1-4H3. The Bertz CT molecular complexity index is 1350. The fourth-order valence-corrected chi connectivity index (χ4v) is 7.03. The number of fused-ring (bicyclic) bond motifs is 1. The summed E-state index contributed by atoms with van der Waals surface area (Å²) in [4.78, 5) is 17.7. The van der Waals surface area contributed by atoms with Gasteiger partial charge in [-0.05, 0) is 62.7 Å². The van der Waals surface area contributed by atoms with E-state index in [0.29, 0.717) is 28.5 Å². The third-order valence-corrected chi connectivity index (χ3v) is 8.52. The Labute approximate surface area is 196 Å². The van der Waals surface area contributed by atoms with Gasteiger partial charge < -0.3 is 9.30 Å². The number of sulfonamides is 1. The molecule has 0 aliphatic carbocycles. The number of aromatic nitrogens is 1. The van der Waals surface area contributed by atoms with Gasteiger partial charge in [-0.15, -0.1) is 0 Å². The van der Waals surface area contributed by atoms with Crippen LogP contribution in [0.25, 0.3) is 10.2 Å². The minimum atomic E-state index is -3.67. The highest BCUT2D eigenvalue weighted by Gasteiger charge is 2.32. The molecule has 1 saturated heterocycles. The van der Waals surface area contributed by atoms with Gasteiger partial charge in [0, 0.05) is 30.7 Å². The summed E-state index contributed by atoms with van der Waals surface area (Å²) in [6.45, 7) is 6.26. The molecule has 4 rings (SSSR count). The highest BCUT2D eigenvalue weighted by Crippen LogP contribution is 2.25. The molecule has 170 valence electrons. The average Bonchev–Trinajstić information content (AvgIpc) is 3.02. The summed E-state index contributed by atoms with van der Waals surface area (Å²) < 4.78 is 35.9. The molecule has 1 amide bonds. The third-order valence-electron chi connectivity index (χ3n) is 5.38. The first-order chi connectivity index (χ1) is 15.1. The van der Waals surface area contributed by atoms with E-state index in [2.05, 4.69) is 4.99 Å². The molecule has 2 aromatic carbocycles. The molecule has 0 N–H and O–H groups in total. The number of nitrogens with zero attached hydrogens (tertiary/aromatic N) is 3. The van der Waals surface area contributed by atoms with Crippen LogP contribution >= 0.6 is 22.9 Å². The summed E-state index contributed by atoms with van der Waals surface area (Å²) in [5.74, 6) is -0.437. The predicted octanol–water partition coefficient (Wildman–Crippen LogP) is 3.74. The largest absolute Gasteiger partial charge is 0.373 e. The van der Waals surface area contributed by atoms with Crippen LogP contribution < -0.4 is 4.80 Å². The minimum absolute atomic E-state index is 0.146. The molecule has 3 aromatic rings. The number of carbonyl (C=O) groups is 1. The molecule has 0 bridgehead atoms. The van der Waals surface area contributed by atoms with E-state index in [-0.39, 0.29) is 17.1 Å². The van der Waals surface area contributed by atoms with E-state index in [9.17, 15) is 13.2 Å². The van der Waals surface area contributed by atoms with Gasteiger partial charge in [-0.2, -0.15) is 9.30 Å². The summed E-state index contributed by atoms with van der Waals surface area (Å²) in [6, 6.07) is 9.64. The lowest BCUT2D eigenvalue weighted by atomic mass is 10.2. The van der Waals surface area contributed by atoms with Crippen LogP contribution in [0.3, 0.4) is 0 Å². The van der Waals surface area contributed by atoms with Crippen LogP contribution in [0.4, 0.5) is 0 Å². The second-order valence-electron chi connectivity index (χ2n) is 8.03. The van der Waals surface area contributed by atoms with E-state index >= 15 is 0 Å². The Kier molecular flexibility index (Phi) is 6.30. The number of ether oxygens (including phenoxy) is 1. The summed E-state index contributed by atoms with van der Waals surface area (Å²) >= 11 is 7.53. The van der Waals surface area contributed by atoms with Gasteiger partial charge in [-0.3, -0.25) is 4.79 Å². The normalized spacial score (nSPS) is 20.7. The number of thiazole rings is 1. The van der Waals surface area contributed by atoms with Crippen molar-refractivity contribution in [3.05, 3.63) is 57.3 Å². The number of benzene rings is 2. The Morgan fingerprint density at radius 3 is 2.41 bits per heavy atom. The molecule has 32 heavy (non-hydrogen) atoms. The summed E-state index contributed by atoms with van der Waals surface area (Å²) in [5.41, 5.74) is 2.29. The van der Waals surface area contributed by atoms with Gasteiger partial charge in [0.25, 0.3) is 5.91 Å². The quantitative estimate of drug-likeness (QED) is 0.556. The number of carbonyl (C=O) groups excluding carboxylic acids is 1. The van der Waals surface area contributed by atoms with Crippen LogP contribution in [-0.4, -0.2) is 48.5 Å². The van der Waals surface area contributed by atoms with Crippen LogP contribution in [0.5, 0.6) is 0 Å². The number of hydrogen-bond donors (Lipinski definition) is 0. The zero-order valence-corrected chi connectivity index (χ0v) is 20.6. The Morgan fingerprint density at radius 2 is 1.78 bits per heavy atom. The first-order valence-corrected chi connectivity index (χ1v) is 12.8. The summed E-state index contributed by atoms with van der Waals surface area (Å²) in [5, 5.41) is 0.635. The van der Waals surface area contributed by atoms with E-state index in [1.165, 1.54) is 39.9 Å². The number of amides is 1. The van der Waals surface area contributed by atoms with Crippen molar-refractivity contribution in [2.75, 3.05) is 13.1 Å². The predicted molar refractivity (Wildman–Crippen MR) is 126 cm³/mol. The van der Waals surface area contributed by atoms with E-state index in [0.717, 1.165) is 15.8 Å². The highest BCUT2D eigenvalue weighted by atomic mass is 35.5. The van der Waals surface area contributed by atoms with Gasteiger partial charge in [-0.1, -0.05) is 22.9 Å². The molecular weight excluding hydrogens is 470 g/mol. The fourth-order valence-electron chi connectivity index (χ4n) is 3.97. The molecule has 1 aromatic heterocycles. The lowest BCUT2D eigenvalue weighted by Crippen LogP contribution is -2.48. The number of hydrogen-bond acceptors (Lipinski definition) is 5. The van der Waals surface area contributed by atoms with Crippen LogP contribution in [0, 0.1) is 6.92 Å². The van der Waals surface area contributed by atoms with E-state index in [1.54, 1.807) is 0 Å². The average molecular weight is 494 g/mol. The molecule has 1 fully saturated rings. The lowest BCUT2D eigenvalue weighted by Gasteiger charge is -2.34. The molecule has 1 aliphatic rings. The van der Waals surface area contributed by atoms with Gasteiger partial charge in [0.05, 0.1) is 27.3 Å². The second kappa shape index (κ2) is 8.72. The van der Waals surface area contributed by atoms with Gasteiger partial charge >= 0.3 is 0 Å². The van der Waals surface area contributed by atoms with Crippen LogP contribution in [-0.2, 0) is 21.8 Å². The molecule has 7 nitrogen and oxygen atoms in total. The van der Waals surface area contributed by atoms with Crippen molar-refractivity contribution >= 4 is 49.1 Å². The fraction of sp³-hybridized carbons (Fsp3) is 0.364. The topological polar surface area (TPSA) is 81.0 Å². The molecule has 2 atom stereocenters. The van der Waals surface area contributed by atoms with Crippen molar-refractivity contribution in [1.29, 1.82) is 0 Å². The van der Waals surface area contributed by atoms with Gasteiger partial charge in [0.1, 0.15) is 0 Å². The smallest absolute Gasteiger partial charge is 0.279 e. The van der Waals surface area contributed by atoms with Gasteiger partial charge in [0.2, 0.25) is 10.0 Å². The number of rotatable bonds is 3. The molecule has 10 heteroatoms. The molecule has 0 saturated carbocycles. The molecule has 2 unspecified atom stereocenters. The second-order valence-corrected chi connectivity index (χ2v) is 11.4. The van der Waals surface area contributed by atoms with Crippen molar-refractivity contribution in [3.63, 3.8) is 0 Å². The van der Waals surface area contributed by atoms with Crippen molar-refractivity contribution in [1.82, 2.24) is 8.87 Å². The lowest BCUT2D eigenvalue weighted by molar-refractivity contribution is -0.0440. The molecule has 2 heterocycles. The number of aryl methyl sites for hydroxylation is 2. The maximum Gasteiger partial charge on any atom is 0.279 e. The zero-order chi connectivity index (χ0) is 23.2. The molecule has 0 radical (unpaired) electrons. The first-order valence-electron chi connectivity index (χ1n) is 10.2. The minimum Gasteiger partial charge on any atom is -0.373 e. The van der Waals surface area contributed by atoms with Crippen LogP contribution in [0.1, 0.15) is 29.8 Å². The van der Waals surface area contributed by atoms with Crippen LogP contribution in [0.2, 0.25) is 5.02 Å². The van der Waals surface area contributed by atoms with Crippen LogP contribution in [0.15, 0.2) is 46.3 Å². The van der Waals surface area contributed by atoms with Crippen molar-refractivity contribution < 1.29 is 17.9 Å². The Hall–Kier alpha value is -2.04. The van der Waals surface area contributed by atoms with E-state index in [4.69, 9.17) is 16.3 Å². The maximum atomic E-state index is 13.0. The number of halogens is 1. The molecular formula is C22H24ClN3O4S2. The monoisotopic (exact) mass is 493 g/mol. The summed E-state index contributed by atoms with van der Waals surface area (Å²) in [7, 11) is -1.81. The number of morpholine rings is 1. The SMILES string of the molecule is Cc1cc(Cl)cc2sc(=NC(=O)c3ccc(S(=O)(=O)N4CC(C)OC(C)C4)cc3)n(C)c12. The Morgan fingerprint density at radius 1 is 1.16 bits per heavy atom. The maximum absolute atomic E-state index is 13.0. The third kappa shape index (κ3) is 4.40. The molecule has 1 aliphatic heterocycles. The first kappa shape index (κ1) is 23.1. The van der Waals surface area contributed by atoms with E-state index in [1.807, 2.05) is 44.5 Å². The Balaban J connectivity index is 1.62. The molecule has 0 spiro atoms.